The maximum Gasteiger partial charge on any atom is 0.117 e. The summed E-state index contributed by atoms with van der Waals surface area (Å²) < 4.78 is 1.24. The quantitative estimate of drug-likeness (QED) is 0.629. The number of hydrogen-bond donors (Lipinski definition) is 0. The average molecular weight is 265 g/mol. The fourth-order valence-corrected chi connectivity index (χ4v) is 3.01. The van der Waals surface area contributed by atoms with Crippen LogP contribution >= 0.6 is 11.3 Å². The van der Waals surface area contributed by atoms with Gasteiger partial charge in [0.2, 0.25) is 0 Å². The van der Waals surface area contributed by atoms with Gasteiger partial charge < -0.3 is 0 Å². The molecule has 3 rings (SSSR count). The van der Waals surface area contributed by atoms with E-state index in [2.05, 4.69) is 67.4 Å². The van der Waals surface area contributed by atoms with Crippen LogP contribution in [0, 0.1) is 13.8 Å². The van der Waals surface area contributed by atoms with E-state index in [0.717, 1.165) is 10.5 Å². The van der Waals surface area contributed by atoms with Crippen LogP contribution in [-0.4, -0.2) is 4.98 Å². The van der Waals surface area contributed by atoms with Crippen LogP contribution in [0.2, 0.25) is 0 Å². The zero-order valence-electron chi connectivity index (χ0n) is 11.1. The number of aryl methyl sites for hydroxylation is 2. The molecule has 19 heavy (non-hydrogen) atoms. The van der Waals surface area contributed by atoms with Gasteiger partial charge in [-0.05, 0) is 43.2 Å². The highest BCUT2D eigenvalue weighted by Gasteiger charge is 2.00. The van der Waals surface area contributed by atoms with Gasteiger partial charge in [0.25, 0.3) is 0 Å². The highest BCUT2D eigenvalue weighted by molar-refractivity contribution is 7.19. The summed E-state index contributed by atoms with van der Waals surface area (Å²) in [5.74, 6) is 0. The minimum atomic E-state index is 1.06. The van der Waals surface area contributed by atoms with E-state index in [-0.39, 0.29) is 0 Å². The van der Waals surface area contributed by atoms with Crippen molar-refractivity contribution in [3.05, 3.63) is 64.2 Å². The molecule has 0 amide bonds. The van der Waals surface area contributed by atoms with Gasteiger partial charge in [-0.1, -0.05) is 42.0 Å². The van der Waals surface area contributed by atoms with E-state index >= 15 is 0 Å². The van der Waals surface area contributed by atoms with Gasteiger partial charge in [0, 0.05) is 0 Å². The summed E-state index contributed by atoms with van der Waals surface area (Å²) >= 11 is 1.73. The number of fused-ring (bicyclic) bond motifs is 1. The first kappa shape index (κ1) is 12.1. The summed E-state index contributed by atoms with van der Waals surface area (Å²) in [6.07, 6.45) is 4.24. The van der Waals surface area contributed by atoms with E-state index in [1.165, 1.54) is 21.4 Å². The molecule has 0 bridgehead atoms. The van der Waals surface area contributed by atoms with Crippen molar-refractivity contribution in [3.8, 4) is 0 Å². The number of aromatic nitrogens is 1. The van der Waals surface area contributed by atoms with Crippen molar-refractivity contribution in [2.45, 2.75) is 13.8 Å². The molecule has 0 radical (unpaired) electrons. The third kappa shape index (κ3) is 2.59. The van der Waals surface area contributed by atoms with E-state index in [1.807, 2.05) is 6.07 Å². The standard InChI is InChI=1S/C17H15NS/c1-12-7-8-14(13(2)11-12)9-10-17-18-15-5-3-4-6-16(15)19-17/h3-11H,1-2H3/b10-9+. The Kier molecular flexibility index (Phi) is 3.18. The molecule has 0 atom stereocenters. The van der Waals surface area contributed by atoms with Crippen LogP contribution < -0.4 is 0 Å². The Bertz CT molecular complexity index is 720. The Morgan fingerprint density at radius 3 is 2.63 bits per heavy atom. The molecule has 0 N–H and O–H groups in total. The van der Waals surface area contributed by atoms with Gasteiger partial charge in [0.15, 0.2) is 0 Å². The third-order valence-corrected chi connectivity index (χ3v) is 4.14. The Morgan fingerprint density at radius 1 is 1.00 bits per heavy atom. The smallest absolute Gasteiger partial charge is 0.117 e. The maximum absolute atomic E-state index is 4.61. The number of rotatable bonds is 2. The normalized spacial score (nSPS) is 11.5. The number of benzene rings is 2. The first-order valence-corrected chi connectivity index (χ1v) is 7.15. The molecule has 0 unspecified atom stereocenters. The summed E-state index contributed by atoms with van der Waals surface area (Å²) in [6, 6.07) is 14.8. The zero-order valence-corrected chi connectivity index (χ0v) is 11.9. The van der Waals surface area contributed by atoms with Gasteiger partial charge in [0.05, 0.1) is 10.2 Å². The Hall–Kier alpha value is -1.93. The van der Waals surface area contributed by atoms with Crippen molar-refractivity contribution in [2.24, 2.45) is 0 Å². The minimum Gasteiger partial charge on any atom is -0.237 e. The summed E-state index contributed by atoms with van der Waals surface area (Å²) in [5, 5.41) is 1.06. The lowest BCUT2D eigenvalue weighted by atomic mass is 10.1. The van der Waals surface area contributed by atoms with Crippen molar-refractivity contribution in [2.75, 3.05) is 0 Å². The molecule has 0 aliphatic heterocycles. The van der Waals surface area contributed by atoms with Gasteiger partial charge >= 0.3 is 0 Å². The molecule has 0 aliphatic rings. The van der Waals surface area contributed by atoms with E-state index in [9.17, 15) is 0 Å². The summed E-state index contributed by atoms with van der Waals surface area (Å²) in [5.41, 5.74) is 4.93. The summed E-state index contributed by atoms with van der Waals surface area (Å²) in [4.78, 5) is 4.61. The fourth-order valence-electron chi connectivity index (χ4n) is 2.14. The molecule has 0 fully saturated rings. The molecule has 0 aliphatic carbocycles. The van der Waals surface area contributed by atoms with Gasteiger partial charge in [-0.15, -0.1) is 11.3 Å². The number of thiazole rings is 1. The van der Waals surface area contributed by atoms with Gasteiger partial charge in [0.1, 0.15) is 5.01 Å². The predicted molar refractivity (Wildman–Crippen MR) is 84.5 cm³/mol. The summed E-state index contributed by atoms with van der Waals surface area (Å²) in [6.45, 7) is 4.26. The lowest BCUT2D eigenvalue weighted by Crippen LogP contribution is -1.81. The highest BCUT2D eigenvalue weighted by Crippen LogP contribution is 2.23. The van der Waals surface area contributed by atoms with Crippen LogP contribution in [-0.2, 0) is 0 Å². The van der Waals surface area contributed by atoms with Crippen LogP contribution in [0.15, 0.2) is 42.5 Å². The predicted octanol–water partition coefficient (Wildman–Crippen LogP) is 5.08. The second kappa shape index (κ2) is 4.98. The monoisotopic (exact) mass is 265 g/mol. The topological polar surface area (TPSA) is 12.9 Å². The molecule has 1 aromatic heterocycles. The van der Waals surface area contributed by atoms with Crippen LogP contribution in [0.5, 0.6) is 0 Å². The van der Waals surface area contributed by atoms with E-state index in [4.69, 9.17) is 0 Å². The third-order valence-electron chi connectivity index (χ3n) is 3.14. The van der Waals surface area contributed by atoms with Gasteiger partial charge in [-0.3, -0.25) is 0 Å². The molecule has 94 valence electrons. The van der Waals surface area contributed by atoms with Crippen LogP contribution in [0.3, 0.4) is 0 Å². The lowest BCUT2D eigenvalue weighted by molar-refractivity contribution is 1.37. The Balaban J connectivity index is 1.93. The van der Waals surface area contributed by atoms with Crippen molar-refractivity contribution in [1.29, 1.82) is 0 Å². The first-order valence-electron chi connectivity index (χ1n) is 6.33. The van der Waals surface area contributed by atoms with Crippen LogP contribution in [0.1, 0.15) is 21.7 Å². The van der Waals surface area contributed by atoms with Gasteiger partial charge in [-0.25, -0.2) is 4.98 Å². The molecular formula is C17H15NS. The Morgan fingerprint density at radius 2 is 1.84 bits per heavy atom. The number of hydrogen-bond acceptors (Lipinski definition) is 2. The van der Waals surface area contributed by atoms with Crippen molar-refractivity contribution < 1.29 is 0 Å². The van der Waals surface area contributed by atoms with E-state index in [0.29, 0.717) is 0 Å². The number of para-hydroxylation sites is 1. The SMILES string of the molecule is Cc1ccc(/C=C/c2nc3ccccc3s2)c(C)c1. The molecule has 0 spiro atoms. The zero-order chi connectivity index (χ0) is 13.2. The largest absolute Gasteiger partial charge is 0.237 e. The first-order chi connectivity index (χ1) is 9.22. The molecule has 0 saturated heterocycles. The van der Waals surface area contributed by atoms with Crippen molar-refractivity contribution in [3.63, 3.8) is 0 Å². The molecule has 3 aromatic rings. The van der Waals surface area contributed by atoms with Crippen molar-refractivity contribution in [1.82, 2.24) is 4.98 Å². The van der Waals surface area contributed by atoms with Crippen molar-refractivity contribution >= 4 is 33.7 Å². The second-order valence-corrected chi connectivity index (χ2v) is 5.78. The molecule has 1 heterocycles. The molecule has 2 heteroatoms. The number of nitrogens with zero attached hydrogens (tertiary/aromatic N) is 1. The van der Waals surface area contributed by atoms with Crippen LogP contribution in [0.4, 0.5) is 0 Å². The fraction of sp³-hybridized carbons (Fsp3) is 0.118. The van der Waals surface area contributed by atoms with Gasteiger partial charge in [-0.2, -0.15) is 0 Å². The van der Waals surface area contributed by atoms with E-state index in [1.54, 1.807) is 11.3 Å². The van der Waals surface area contributed by atoms with E-state index < -0.39 is 0 Å². The average Bonchev–Trinajstić information content (AvgIpc) is 2.80. The molecule has 2 aromatic carbocycles. The minimum absolute atomic E-state index is 1.06. The molecule has 0 saturated carbocycles. The molecule has 1 nitrogen and oxygen atoms in total. The molecular weight excluding hydrogens is 250 g/mol. The second-order valence-electron chi connectivity index (χ2n) is 4.71. The van der Waals surface area contributed by atoms with Crippen LogP contribution in [0.25, 0.3) is 22.4 Å². The lowest BCUT2D eigenvalue weighted by Gasteiger charge is -2.00. The Labute approximate surface area is 117 Å². The maximum atomic E-state index is 4.61. The highest BCUT2D eigenvalue weighted by atomic mass is 32.1. The summed E-state index contributed by atoms with van der Waals surface area (Å²) in [7, 11) is 0.